The first-order chi connectivity index (χ1) is 10.2. The Morgan fingerprint density at radius 1 is 1.24 bits per heavy atom. The fourth-order valence-electron chi connectivity index (χ4n) is 2.76. The van der Waals surface area contributed by atoms with Crippen LogP contribution in [0.1, 0.15) is 20.3 Å². The molecule has 2 heterocycles. The maximum atomic E-state index is 12.0. The lowest BCUT2D eigenvalue weighted by Crippen LogP contribution is -2.49. The van der Waals surface area contributed by atoms with Crippen LogP contribution in [0.2, 0.25) is 0 Å². The topological polar surface area (TPSA) is 54.0 Å². The maximum Gasteiger partial charge on any atom is 0.224 e. The average Bonchev–Trinajstić information content (AvgIpc) is 2.52. The molecular formula is C15H29N3O3. The second-order valence-corrected chi connectivity index (χ2v) is 6.03. The van der Waals surface area contributed by atoms with Crippen LogP contribution in [0, 0.1) is 0 Å². The summed E-state index contributed by atoms with van der Waals surface area (Å²) in [6, 6.07) is 0.569. The summed E-state index contributed by atoms with van der Waals surface area (Å²) in [5, 5.41) is 3.35. The Kier molecular flexibility index (Phi) is 6.89. The number of morpholine rings is 2. The fraction of sp³-hybridized carbons (Fsp3) is 0.933. The molecule has 1 atom stereocenters. The lowest BCUT2D eigenvalue weighted by Gasteiger charge is -2.35. The van der Waals surface area contributed by atoms with E-state index in [1.54, 1.807) is 0 Å². The van der Waals surface area contributed by atoms with E-state index in [2.05, 4.69) is 24.1 Å². The SMILES string of the molecule is CC(C)N1CCOC(CNCCC(=O)N2CCOCC2)C1. The second-order valence-electron chi connectivity index (χ2n) is 6.03. The van der Waals surface area contributed by atoms with Crippen LogP contribution in [-0.2, 0) is 14.3 Å². The Morgan fingerprint density at radius 3 is 2.71 bits per heavy atom. The summed E-state index contributed by atoms with van der Waals surface area (Å²) in [4.78, 5) is 16.3. The molecule has 1 unspecified atom stereocenters. The van der Waals surface area contributed by atoms with E-state index in [4.69, 9.17) is 9.47 Å². The van der Waals surface area contributed by atoms with Crippen LogP contribution in [0.25, 0.3) is 0 Å². The number of hydrogen-bond acceptors (Lipinski definition) is 5. The molecule has 2 rings (SSSR count). The van der Waals surface area contributed by atoms with Crippen molar-refractivity contribution < 1.29 is 14.3 Å². The maximum absolute atomic E-state index is 12.0. The zero-order chi connectivity index (χ0) is 15.1. The van der Waals surface area contributed by atoms with Gasteiger partial charge >= 0.3 is 0 Å². The number of nitrogens with zero attached hydrogens (tertiary/aromatic N) is 2. The van der Waals surface area contributed by atoms with Gasteiger partial charge in [-0.2, -0.15) is 0 Å². The molecule has 0 aromatic carbocycles. The molecule has 2 aliphatic rings. The van der Waals surface area contributed by atoms with Crippen molar-refractivity contribution in [1.29, 1.82) is 0 Å². The Morgan fingerprint density at radius 2 is 2.00 bits per heavy atom. The smallest absolute Gasteiger partial charge is 0.224 e. The van der Waals surface area contributed by atoms with Gasteiger partial charge in [0.1, 0.15) is 0 Å². The van der Waals surface area contributed by atoms with E-state index in [0.29, 0.717) is 25.7 Å². The Labute approximate surface area is 127 Å². The van der Waals surface area contributed by atoms with Crippen molar-refractivity contribution in [2.75, 3.05) is 59.1 Å². The van der Waals surface area contributed by atoms with Gasteiger partial charge in [-0.1, -0.05) is 0 Å². The van der Waals surface area contributed by atoms with Crippen molar-refractivity contribution in [3.05, 3.63) is 0 Å². The van der Waals surface area contributed by atoms with Crippen molar-refractivity contribution in [1.82, 2.24) is 15.1 Å². The van der Waals surface area contributed by atoms with Gasteiger partial charge in [-0.25, -0.2) is 0 Å². The number of nitrogens with one attached hydrogen (secondary N) is 1. The van der Waals surface area contributed by atoms with Crippen LogP contribution in [-0.4, -0.2) is 86.9 Å². The zero-order valence-corrected chi connectivity index (χ0v) is 13.3. The zero-order valence-electron chi connectivity index (χ0n) is 13.3. The van der Waals surface area contributed by atoms with E-state index in [9.17, 15) is 4.79 Å². The molecule has 2 saturated heterocycles. The number of hydrogen-bond donors (Lipinski definition) is 1. The molecule has 0 saturated carbocycles. The number of carbonyl (C=O) groups is 1. The molecule has 6 heteroatoms. The molecule has 0 aliphatic carbocycles. The third-order valence-corrected chi connectivity index (χ3v) is 4.15. The van der Waals surface area contributed by atoms with Crippen molar-refractivity contribution in [3.63, 3.8) is 0 Å². The van der Waals surface area contributed by atoms with Crippen LogP contribution >= 0.6 is 0 Å². The van der Waals surface area contributed by atoms with Gasteiger partial charge in [0.15, 0.2) is 0 Å². The standard InChI is InChI=1S/C15H29N3O3/c1-13(2)18-7-10-21-14(12-18)11-16-4-3-15(19)17-5-8-20-9-6-17/h13-14,16H,3-12H2,1-2H3. The van der Waals surface area contributed by atoms with Crippen molar-refractivity contribution in [2.24, 2.45) is 0 Å². The summed E-state index contributed by atoms with van der Waals surface area (Å²) in [5.41, 5.74) is 0. The minimum Gasteiger partial charge on any atom is -0.378 e. The van der Waals surface area contributed by atoms with E-state index in [1.807, 2.05) is 4.90 Å². The first kappa shape index (κ1) is 16.7. The van der Waals surface area contributed by atoms with Crippen LogP contribution in [0.4, 0.5) is 0 Å². The lowest BCUT2D eigenvalue weighted by molar-refractivity contribution is -0.135. The third-order valence-electron chi connectivity index (χ3n) is 4.15. The van der Waals surface area contributed by atoms with E-state index in [0.717, 1.165) is 45.9 Å². The second kappa shape index (κ2) is 8.68. The van der Waals surface area contributed by atoms with E-state index >= 15 is 0 Å². The summed E-state index contributed by atoms with van der Waals surface area (Å²) >= 11 is 0. The molecule has 0 aromatic rings. The molecule has 2 fully saturated rings. The van der Waals surface area contributed by atoms with Gasteiger partial charge in [0.25, 0.3) is 0 Å². The van der Waals surface area contributed by atoms with Gasteiger partial charge < -0.3 is 19.7 Å². The highest BCUT2D eigenvalue weighted by Gasteiger charge is 2.22. The molecule has 21 heavy (non-hydrogen) atoms. The summed E-state index contributed by atoms with van der Waals surface area (Å²) in [5.74, 6) is 0.221. The third kappa shape index (κ3) is 5.54. The van der Waals surface area contributed by atoms with Crippen LogP contribution in [0.15, 0.2) is 0 Å². The highest BCUT2D eigenvalue weighted by molar-refractivity contribution is 5.76. The first-order valence-corrected chi connectivity index (χ1v) is 8.08. The molecule has 122 valence electrons. The number of rotatable bonds is 6. The Bertz CT molecular complexity index is 319. The van der Waals surface area contributed by atoms with E-state index in [1.165, 1.54) is 0 Å². The number of amides is 1. The highest BCUT2D eigenvalue weighted by atomic mass is 16.5. The van der Waals surface area contributed by atoms with E-state index in [-0.39, 0.29) is 12.0 Å². The molecular weight excluding hydrogens is 270 g/mol. The summed E-state index contributed by atoms with van der Waals surface area (Å²) in [7, 11) is 0. The molecule has 2 aliphatic heterocycles. The van der Waals surface area contributed by atoms with E-state index < -0.39 is 0 Å². The molecule has 0 bridgehead atoms. The van der Waals surface area contributed by atoms with Gasteiger partial charge in [-0.15, -0.1) is 0 Å². The number of carbonyl (C=O) groups excluding carboxylic acids is 1. The van der Waals surface area contributed by atoms with Gasteiger partial charge in [0, 0.05) is 51.7 Å². The highest BCUT2D eigenvalue weighted by Crippen LogP contribution is 2.08. The molecule has 1 amide bonds. The minimum atomic E-state index is 0.221. The Hall–Kier alpha value is -0.690. The van der Waals surface area contributed by atoms with Crippen LogP contribution < -0.4 is 5.32 Å². The van der Waals surface area contributed by atoms with Gasteiger partial charge in [-0.3, -0.25) is 9.69 Å². The van der Waals surface area contributed by atoms with Gasteiger partial charge in [-0.05, 0) is 13.8 Å². The Balaban J connectivity index is 1.57. The largest absolute Gasteiger partial charge is 0.378 e. The molecule has 1 N–H and O–H groups in total. The normalized spacial score (nSPS) is 24.5. The van der Waals surface area contributed by atoms with Crippen molar-refractivity contribution in [2.45, 2.75) is 32.4 Å². The number of ether oxygens (including phenoxy) is 2. The molecule has 0 aromatic heterocycles. The predicted molar refractivity (Wildman–Crippen MR) is 81.3 cm³/mol. The summed E-state index contributed by atoms with van der Waals surface area (Å²) in [6.45, 7) is 11.6. The lowest BCUT2D eigenvalue weighted by atomic mass is 10.2. The van der Waals surface area contributed by atoms with Crippen LogP contribution in [0.3, 0.4) is 0 Å². The van der Waals surface area contributed by atoms with Gasteiger partial charge in [0.05, 0.1) is 25.9 Å². The van der Waals surface area contributed by atoms with Gasteiger partial charge in [0.2, 0.25) is 5.91 Å². The molecule has 0 radical (unpaired) electrons. The fourth-order valence-corrected chi connectivity index (χ4v) is 2.76. The predicted octanol–water partition coefficient (Wildman–Crippen LogP) is -0.0659. The first-order valence-electron chi connectivity index (χ1n) is 8.08. The van der Waals surface area contributed by atoms with Crippen LogP contribution in [0.5, 0.6) is 0 Å². The molecule has 0 spiro atoms. The minimum absolute atomic E-state index is 0.221. The average molecular weight is 299 g/mol. The van der Waals surface area contributed by atoms with Crippen molar-refractivity contribution in [3.8, 4) is 0 Å². The quantitative estimate of drug-likeness (QED) is 0.696. The monoisotopic (exact) mass is 299 g/mol. The molecule has 6 nitrogen and oxygen atoms in total. The summed E-state index contributed by atoms with van der Waals surface area (Å²) < 4.78 is 11.0. The van der Waals surface area contributed by atoms with Crippen molar-refractivity contribution >= 4 is 5.91 Å². The summed E-state index contributed by atoms with van der Waals surface area (Å²) in [6.07, 6.45) is 0.792.